The molecule has 10 nitrogen and oxygen atoms in total. The smallest absolute Gasteiger partial charge is 0.253 e. The molecule has 0 aliphatic carbocycles. The van der Waals surface area contributed by atoms with E-state index in [9.17, 15) is 9.59 Å². The highest BCUT2D eigenvalue weighted by Gasteiger charge is 2.34. The number of methoxy groups -OCH3 is 2. The lowest BCUT2D eigenvalue weighted by Gasteiger charge is -2.22. The quantitative estimate of drug-likeness (QED) is 0.184. The van der Waals surface area contributed by atoms with Crippen LogP contribution in [0.4, 0.5) is 0 Å². The number of ether oxygens (including phenoxy) is 2. The molecule has 0 unspecified atom stereocenters. The Morgan fingerprint density at radius 3 is 2.44 bits per heavy atom. The summed E-state index contributed by atoms with van der Waals surface area (Å²) in [6, 6.07) is 27.9. The number of carbonyl (C=O) groups is 2. The highest BCUT2D eigenvalue weighted by atomic mass is 32.2. The predicted octanol–water partition coefficient (Wildman–Crippen LogP) is 5.75. The number of thiophene rings is 1. The molecule has 0 saturated carbocycles. The summed E-state index contributed by atoms with van der Waals surface area (Å²) in [6.07, 6.45) is 0.603. The first-order chi connectivity index (χ1) is 22.1. The van der Waals surface area contributed by atoms with Crippen LogP contribution < -0.4 is 14.8 Å². The molecule has 6 rings (SSSR count). The van der Waals surface area contributed by atoms with Gasteiger partial charge in [0.15, 0.2) is 11.0 Å². The average Bonchev–Trinajstić information content (AvgIpc) is 3.87. The van der Waals surface area contributed by atoms with E-state index in [1.807, 2.05) is 88.8 Å². The predicted molar refractivity (Wildman–Crippen MR) is 174 cm³/mol. The molecular weight excluding hydrogens is 609 g/mol. The van der Waals surface area contributed by atoms with Crippen molar-refractivity contribution < 1.29 is 19.1 Å². The Kier molecular flexibility index (Phi) is 9.22. The van der Waals surface area contributed by atoms with Crippen LogP contribution in [0, 0.1) is 0 Å². The second-order valence-electron chi connectivity index (χ2n) is 10.00. The molecule has 2 amide bonds. The molecule has 45 heavy (non-hydrogen) atoms. The molecule has 1 aliphatic heterocycles. The first-order valence-electron chi connectivity index (χ1n) is 14.2. The average molecular weight is 639 g/mol. The van der Waals surface area contributed by atoms with Crippen molar-refractivity contribution >= 4 is 40.6 Å². The van der Waals surface area contributed by atoms with Gasteiger partial charge in [-0.1, -0.05) is 60.3 Å². The number of rotatable bonds is 11. The van der Waals surface area contributed by atoms with E-state index in [0.717, 1.165) is 21.9 Å². The maximum Gasteiger partial charge on any atom is 0.253 e. The number of benzene rings is 3. The van der Waals surface area contributed by atoms with Gasteiger partial charge in [-0.2, -0.15) is 5.10 Å². The summed E-state index contributed by atoms with van der Waals surface area (Å²) in [5.41, 5.74) is 3.08. The Balaban J connectivity index is 1.25. The third-order valence-electron chi connectivity index (χ3n) is 7.27. The first kappa shape index (κ1) is 30.1. The van der Waals surface area contributed by atoms with E-state index >= 15 is 0 Å². The highest BCUT2D eigenvalue weighted by Crippen LogP contribution is 2.36. The Labute approximate surface area is 268 Å². The maximum absolute atomic E-state index is 13.8. The van der Waals surface area contributed by atoms with Crippen molar-refractivity contribution in [2.75, 3.05) is 20.0 Å². The lowest BCUT2D eigenvalue weighted by molar-refractivity contribution is -0.130. The zero-order valence-electron chi connectivity index (χ0n) is 24.6. The SMILES string of the molecule is COc1ccc([C@@H]2CC(c3cccs3)=NN2C(=O)CSc2nnc(CNC(=O)c3ccccc3)n2-c2ccccc2OC)cc1. The molecule has 2 aromatic heterocycles. The fourth-order valence-corrected chi connectivity index (χ4v) is 6.56. The summed E-state index contributed by atoms with van der Waals surface area (Å²) in [5.74, 6) is 1.52. The van der Waals surface area contributed by atoms with Crippen LogP contribution in [-0.4, -0.2) is 57.3 Å². The van der Waals surface area contributed by atoms with E-state index in [-0.39, 0.29) is 30.2 Å². The van der Waals surface area contributed by atoms with Gasteiger partial charge < -0.3 is 14.8 Å². The normalized spacial score (nSPS) is 14.2. The van der Waals surface area contributed by atoms with Crippen LogP contribution in [0.5, 0.6) is 11.5 Å². The van der Waals surface area contributed by atoms with Crippen molar-refractivity contribution in [1.82, 2.24) is 25.1 Å². The molecule has 3 aromatic carbocycles. The number of amides is 2. The lowest BCUT2D eigenvalue weighted by Crippen LogP contribution is -2.28. The van der Waals surface area contributed by atoms with E-state index in [1.165, 1.54) is 11.8 Å². The molecule has 0 spiro atoms. The molecule has 0 fully saturated rings. The molecule has 0 saturated heterocycles. The molecule has 5 aromatic rings. The number of hydrazone groups is 1. The largest absolute Gasteiger partial charge is 0.497 e. The number of nitrogens with one attached hydrogen (secondary N) is 1. The van der Waals surface area contributed by atoms with E-state index in [1.54, 1.807) is 42.7 Å². The van der Waals surface area contributed by atoms with Gasteiger partial charge in [-0.25, -0.2) is 5.01 Å². The molecule has 0 bridgehead atoms. The monoisotopic (exact) mass is 638 g/mol. The van der Waals surface area contributed by atoms with Gasteiger partial charge in [0, 0.05) is 12.0 Å². The lowest BCUT2D eigenvalue weighted by atomic mass is 10.0. The minimum atomic E-state index is -0.253. The Morgan fingerprint density at radius 1 is 0.933 bits per heavy atom. The second-order valence-corrected chi connectivity index (χ2v) is 11.9. The molecule has 228 valence electrons. The minimum absolute atomic E-state index is 0.0670. The Morgan fingerprint density at radius 2 is 1.71 bits per heavy atom. The van der Waals surface area contributed by atoms with Gasteiger partial charge in [0.05, 0.1) is 48.8 Å². The number of aromatic nitrogens is 3. The van der Waals surface area contributed by atoms with Crippen molar-refractivity contribution in [3.63, 3.8) is 0 Å². The molecule has 1 N–H and O–H groups in total. The van der Waals surface area contributed by atoms with Crippen LogP contribution in [0.15, 0.2) is 107 Å². The molecule has 3 heterocycles. The van der Waals surface area contributed by atoms with Crippen LogP contribution in [0.2, 0.25) is 0 Å². The third-order valence-corrected chi connectivity index (χ3v) is 9.10. The Bertz CT molecular complexity index is 1810. The van der Waals surface area contributed by atoms with Gasteiger partial charge in [0.2, 0.25) is 0 Å². The molecule has 1 atom stereocenters. The molecule has 0 radical (unpaired) electrons. The first-order valence-corrected chi connectivity index (χ1v) is 16.0. The van der Waals surface area contributed by atoms with Gasteiger partial charge in [-0.15, -0.1) is 21.5 Å². The zero-order valence-corrected chi connectivity index (χ0v) is 26.3. The fourth-order valence-electron chi connectivity index (χ4n) is 5.03. The summed E-state index contributed by atoms with van der Waals surface area (Å²) >= 11 is 2.85. The molecule has 12 heteroatoms. The minimum Gasteiger partial charge on any atom is -0.497 e. The number of thioether (sulfide) groups is 1. The summed E-state index contributed by atoms with van der Waals surface area (Å²) in [4.78, 5) is 27.7. The third kappa shape index (κ3) is 6.61. The van der Waals surface area contributed by atoms with E-state index in [0.29, 0.717) is 34.4 Å². The number of para-hydroxylation sites is 2. The van der Waals surface area contributed by atoms with E-state index in [4.69, 9.17) is 14.6 Å². The topological polar surface area (TPSA) is 111 Å². The van der Waals surface area contributed by atoms with Crippen LogP contribution in [-0.2, 0) is 11.3 Å². The summed E-state index contributed by atoms with van der Waals surface area (Å²) in [7, 11) is 3.22. The molecule has 1 aliphatic rings. The Hall–Kier alpha value is -4.94. The van der Waals surface area contributed by atoms with Crippen molar-refractivity contribution in [2.45, 2.75) is 24.2 Å². The zero-order chi connectivity index (χ0) is 31.2. The number of hydrogen-bond acceptors (Lipinski definition) is 9. The standard InChI is InChI=1S/C33H30N6O4S2/c1-42-24-16-14-22(15-17-24)27-19-25(29-13-8-18-44-29)37-39(27)31(40)21-45-33-36-35-30(20-34-32(41)23-9-4-3-5-10-23)38(33)26-11-6-7-12-28(26)43-2/h3-18,27H,19-21H2,1-2H3,(H,34,41)/t27-/m0/s1. The van der Waals surface area contributed by atoms with Crippen LogP contribution in [0.25, 0.3) is 5.69 Å². The van der Waals surface area contributed by atoms with Crippen molar-refractivity contribution in [3.05, 3.63) is 118 Å². The number of carbonyl (C=O) groups excluding carboxylic acids is 2. The van der Waals surface area contributed by atoms with Crippen LogP contribution in [0.1, 0.15) is 39.1 Å². The summed E-state index contributed by atoms with van der Waals surface area (Å²) in [6.45, 7) is 0.118. The van der Waals surface area contributed by atoms with Crippen molar-refractivity contribution in [1.29, 1.82) is 0 Å². The summed E-state index contributed by atoms with van der Waals surface area (Å²) in [5, 5.41) is 20.6. The number of nitrogens with zero attached hydrogens (tertiary/aromatic N) is 5. The van der Waals surface area contributed by atoms with Crippen LogP contribution in [0.3, 0.4) is 0 Å². The second kappa shape index (κ2) is 13.8. The van der Waals surface area contributed by atoms with Crippen molar-refractivity contribution in [3.8, 4) is 17.2 Å². The number of hydrogen-bond donors (Lipinski definition) is 1. The molecular formula is C33H30N6O4S2. The van der Waals surface area contributed by atoms with E-state index in [2.05, 4.69) is 15.5 Å². The fraction of sp³-hybridized carbons (Fsp3) is 0.182. The van der Waals surface area contributed by atoms with Gasteiger partial charge >= 0.3 is 0 Å². The summed E-state index contributed by atoms with van der Waals surface area (Å²) < 4.78 is 12.8. The van der Waals surface area contributed by atoms with Gasteiger partial charge in [0.25, 0.3) is 11.8 Å². The van der Waals surface area contributed by atoms with Crippen LogP contribution >= 0.6 is 23.1 Å². The van der Waals surface area contributed by atoms with Crippen molar-refractivity contribution in [2.24, 2.45) is 5.10 Å². The highest BCUT2D eigenvalue weighted by molar-refractivity contribution is 7.99. The van der Waals surface area contributed by atoms with Gasteiger partial charge in [-0.05, 0) is 53.4 Å². The van der Waals surface area contributed by atoms with Gasteiger partial charge in [0.1, 0.15) is 11.5 Å². The van der Waals surface area contributed by atoms with Gasteiger partial charge in [-0.3, -0.25) is 14.2 Å². The maximum atomic E-state index is 13.8. The van der Waals surface area contributed by atoms with E-state index < -0.39 is 0 Å².